The van der Waals surface area contributed by atoms with E-state index >= 15 is 0 Å². The molecule has 14 heavy (non-hydrogen) atoms. The lowest BCUT2D eigenvalue weighted by Gasteiger charge is -1.90. The first-order chi connectivity index (χ1) is 6.43. The maximum absolute atomic E-state index is 10.1. The molecule has 0 aromatic heterocycles. The van der Waals surface area contributed by atoms with Gasteiger partial charge in [0.1, 0.15) is 5.78 Å². The molecule has 1 rings (SSSR count). The van der Waals surface area contributed by atoms with E-state index in [0.717, 1.165) is 0 Å². The second-order valence-electron chi connectivity index (χ2n) is 2.76. The number of ketones is 1. The molecule has 0 radical (unpaired) electrons. The number of carbonyl (C=O) groups is 1. The Hall–Kier alpha value is -1.91. The Labute approximate surface area is 81.7 Å². The van der Waals surface area contributed by atoms with Gasteiger partial charge >= 0.3 is 0 Å². The fraction of sp³-hybridized carbons (Fsp3) is 0.222. The average molecular weight is 196 g/mol. The second kappa shape index (κ2) is 5.69. The first-order valence-electron chi connectivity index (χ1n) is 3.90. The summed E-state index contributed by atoms with van der Waals surface area (Å²) in [5.41, 5.74) is 5.90. The zero-order valence-corrected chi connectivity index (χ0v) is 8.06. The number of hydrogen-bond acceptors (Lipinski definition) is 4. The number of nitro benzene ring substituents is 1. The van der Waals surface area contributed by atoms with Gasteiger partial charge in [-0.25, -0.2) is 0 Å². The van der Waals surface area contributed by atoms with E-state index in [0.29, 0.717) is 5.69 Å². The van der Waals surface area contributed by atoms with Gasteiger partial charge < -0.3 is 10.5 Å². The maximum Gasteiger partial charge on any atom is 0.269 e. The van der Waals surface area contributed by atoms with Crippen LogP contribution < -0.4 is 5.73 Å². The molecule has 5 heteroatoms. The smallest absolute Gasteiger partial charge is 0.269 e. The zero-order valence-electron chi connectivity index (χ0n) is 8.06. The highest BCUT2D eigenvalue weighted by Crippen LogP contribution is 2.11. The molecule has 0 aliphatic heterocycles. The number of non-ortho nitro benzene ring substituents is 1. The van der Waals surface area contributed by atoms with Gasteiger partial charge in [-0.1, -0.05) is 0 Å². The molecule has 0 fully saturated rings. The predicted octanol–water partition coefficient (Wildman–Crippen LogP) is 1.77. The van der Waals surface area contributed by atoms with Crippen molar-refractivity contribution in [3.8, 4) is 0 Å². The molecular weight excluding hydrogens is 184 g/mol. The lowest BCUT2D eigenvalue weighted by Crippen LogP contribution is -1.88. The van der Waals surface area contributed by atoms with Crippen molar-refractivity contribution < 1.29 is 9.72 Å². The molecule has 0 saturated carbocycles. The maximum atomic E-state index is 10.1. The van der Waals surface area contributed by atoms with Crippen molar-refractivity contribution in [2.45, 2.75) is 13.8 Å². The van der Waals surface area contributed by atoms with Crippen LogP contribution in [0.15, 0.2) is 24.3 Å². The number of nitro groups is 1. The number of carbonyl (C=O) groups excluding carboxylic acids is 1. The number of Topliss-reactive ketones (excluding diaryl/α,β-unsaturated/α-hetero) is 1. The molecule has 1 aromatic carbocycles. The summed E-state index contributed by atoms with van der Waals surface area (Å²) in [6.07, 6.45) is 0. The van der Waals surface area contributed by atoms with Crippen LogP contribution in [-0.4, -0.2) is 10.7 Å². The first-order valence-corrected chi connectivity index (χ1v) is 3.90. The van der Waals surface area contributed by atoms with Gasteiger partial charge in [0.25, 0.3) is 5.69 Å². The number of rotatable bonds is 1. The Morgan fingerprint density at radius 3 is 1.93 bits per heavy atom. The van der Waals surface area contributed by atoms with Gasteiger partial charge in [0.2, 0.25) is 0 Å². The van der Waals surface area contributed by atoms with Crippen molar-refractivity contribution in [3.05, 3.63) is 34.4 Å². The van der Waals surface area contributed by atoms with Gasteiger partial charge in [0, 0.05) is 17.8 Å². The van der Waals surface area contributed by atoms with Crippen LogP contribution in [0.1, 0.15) is 13.8 Å². The number of benzene rings is 1. The zero-order chi connectivity index (χ0) is 11.1. The van der Waals surface area contributed by atoms with Crippen LogP contribution in [-0.2, 0) is 4.79 Å². The third kappa shape index (κ3) is 5.70. The quantitative estimate of drug-likeness (QED) is 0.421. The Bertz CT molecular complexity index is 315. The van der Waals surface area contributed by atoms with Gasteiger partial charge in [0.15, 0.2) is 0 Å². The summed E-state index contributed by atoms with van der Waals surface area (Å²) >= 11 is 0. The number of hydrogen-bond donors (Lipinski definition) is 1. The van der Waals surface area contributed by atoms with Crippen molar-refractivity contribution in [1.82, 2.24) is 0 Å². The van der Waals surface area contributed by atoms with Crippen LogP contribution in [0.5, 0.6) is 0 Å². The molecule has 0 unspecified atom stereocenters. The number of nitrogen functional groups attached to an aromatic ring is 1. The molecule has 0 amide bonds. The van der Waals surface area contributed by atoms with Crippen molar-refractivity contribution in [1.29, 1.82) is 0 Å². The van der Waals surface area contributed by atoms with E-state index in [9.17, 15) is 14.9 Å². The first kappa shape index (κ1) is 12.1. The Balaban J connectivity index is 0.000000364. The molecular formula is C9H12N2O3. The number of anilines is 1. The minimum Gasteiger partial charge on any atom is -0.399 e. The van der Waals surface area contributed by atoms with E-state index in [1.807, 2.05) is 0 Å². The third-order valence-electron chi connectivity index (χ3n) is 1.10. The summed E-state index contributed by atoms with van der Waals surface area (Å²) < 4.78 is 0. The van der Waals surface area contributed by atoms with Gasteiger partial charge in [-0.05, 0) is 26.0 Å². The van der Waals surface area contributed by atoms with E-state index < -0.39 is 4.92 Å². The second-order valence-corrected chi connectivity index (χ2v) is 2.76. The molecule has 5 nitrogen and oxygen atoms in total. The van der Waals surface area contributed by atoms with Gasteiger partial charge in [-0.15, -0.1) is 0 Å². The van der Waals surface area contributed by atoms with E-state index in [1.54, 1.807) is 0 Å². The van der Waals surface area contributed by atoms with E-state index in [-0.39, 0.29) is 11.5 Å². The van der Waals surface area contributed by atoms with Crippen molar-refractivity contribution in [3.63, 3.8) is 0 Å². The molecule has 76 valence electrons. The SMILES string of the molecule is CC(C)=O.Nc1ccc([N+](=O)[O-])cc1. The fourth-order valence-corrected chi connectivity index (χ4v) is 0.596. The molecule has 1 aromatic rings. The lowest BCUT2D eigenvalue weighted by molar-refractivity contribution is -0.384. The standard InChI is InChI=1S/C6H6N2O2.C3H6O/c7-5-1-3-6(4-2-5)8(9)10;1-3(2)4/h1-4H,7H2;1-2H3. The highest BCUT2D eigenvalue weighted by Gasteiger charge is 2.00. The van der Waals surface area contributed by atoms with Crippen molar-refractivity contribution in [2.75, 3.05) is 5.73 Å². The van der Waals surface area contributed by atoms with Crippen LogP contribution >= 0.6 is 0 Å². The highest BCUT2D eigenvalue weighted by molar-refractivity contribution is 5.72. The summed E-state index contributed by atoms with van der Waals surface area (Å²) in [5, 5.41) is 10.1. The third-order valence-corrected chi connectivity index (χ3v) is 1.10. The minimum absolute atomic E-state index is 0.0641. The average Bonchev–Trinajstić information content (AvgIpc) is 2.03. The summed E-state index contributed by atoms with van der Waals surface area (Å²) in [6.45, 7) is 3.06. The summed E-state index contributed by atoms with van der Waals surface area (Å²) in [7, 11) is 0. The summed E-state index contributed by atoms with van der Waals surface area (Å²) in [6, 6.07) is 5.74. The summed E-state index contributed by atoms with van der Waals surface area (Å²) in [4.78, 5) is 19.1. The molecule has 2 N–H and O–H groups in total. The van der Waals surface area contributed by atoms with E-state index in [4.69, 9.17) is 5.73 Å². The van der Waals surface area contributed by atoms with Crippen LogP contribution in [0.2, 0.25) is 0 Å². The van der Waals surface area contributed by atoms with E-state index in [1.165, 1.54) is 38.1 Å². The molecule has 0 aliphatic rings. The highest BCUT2D eigenvalue weighted by atomic mass is 16.6. The van der Waals surface area contributed by atoms with Crippen LogP contribution in [0.4, 0.5) is 11.4 Å². The normalized spacial score (nSPS) is 8.43. The van der Waals surface area contributed by atoms with Crippen LogP contribution in [0.3, 0.4) is 0 Å². The predicted molar refractivity (Wildman–Crippen MR) is 53.9 cm³/mol. The molecule has 0 atom stereocenters. The lowest BCUT2D eigenvalue weighted by atomic mass is 10.3. The Kier molecular flexibility index (Phi) is 4.91. The largest absolute Gasteiger partial charge is 0.399 e. The minimum atomic E-state index is -0.459. The molecule has 0 bridgehead atoms. The molecule has 0 saturated heterocycles. The monoisotopic (exact) mass is 196 g/mol. The molecule has 0 spiro atoms. The number of nitrogens with two attached hydrogens (primary N) is 1. The Morgan fingerprint density at radius 2 is 1.64 bits per heavy atom. The molecule has 0 heterocycles. The fourth-order valence-electron chi connectivity index (χ4n) is 0.596. The van der Waals surface area contributed by atoms with Gasteiger partial charge in [-0.3, -0.25) is 10.1 Å². The van der Waals surface area contributed by atoms with Crippen molar-refractivity contribution >= 4 is 17.2 Å². The number of nitrogens with zero attached hydrogens (tertiary/aromatic N) is 1. The van der Waals surface area contributed by atoms with Crippen LogP contribution in [0.25, 0.3) is 0 Å². The summed E-state index contributed by atoms with van der Waals surface area (Å²) in [5.74, 6) is 0.167. The van der Waals surface area contributed by atoms with Gasteiger partial charge in [-0.2, -0.15) is 0 Å². The van der Waals surface area contributed by atoms with Crippen LogP contribution in [0, 0.1) is 10.1 Å². The van der Waals surface area contributed by atoms with Gasteiger partial charge in [0.05, 0.1) is 4.92 Å². The molecule has 0 aliphatic carbocycles. The van der Waals surface area contributed by atoms with E-state index in [2.05, 4.69) is 0 Å². The Morgan fingerprint density at radius 1 is 1.29 bits per heavy atom. The topological polar surface area (TPSA) is 86.2 Å². The van der Waals surface area contributed by atoms with Crippen molar-refractivity contribution in [2.24, 2.45) is 0 Å².